The Bertz CT molecular complexity index is 869. The van der Waals surface area contributed by atoms with Crippen LogP contribution in [0.5, 0.6) is 0 Å². The summed E-state index contributed by atoms with van der Waals surface area (Å²) in [5.74, 6) is -0.724. The van der Waals surface area contributed by atoms with Gasteiger partial charge in [0.05, 0.1) is 23.5 Å². The van der Waals surface area contributed by atoms with Crippen LogP contribution in [0.4, 0.5) is 27.1 Å². The minimum Gasteiger partial charge on any atom is -0.462 e. The monoisotopic (exact) mass is 388 g/mol. The summed E-state index contributed by atoms with van der Waals surface area (Å²) in [7, 11) is 0. The van der Waals surface area contributed by atoms with Gasteiger partial charge in [-0.15, -0.1) is 4.94 Å². The van der Waals surface area contributed by atoms with Crippen LogP contribution < -0.4 is 20.5 Å². The van der Waals surface area contributed by atoms with Crippen LogP contribution in [-0.4, -0.2) is 44.0 Å². The van der Waals surface area contributed by atoms with Crippen molar-refractivity contribution in [3.8, 4) is 0 Å². The maximum Gasteiger partial charge on any atom is 0.340 e. The third kappa shape index (κ3) is 3.30. The predicted molar refractivity (Wildman–Crippen MR) is 102 cm³/mol. The molecule has 0 spiro atoms. The molecule has 0 saturated carbocycles. The predicted octanol–water partition coefficient (Wildman–Crippen LogP) is 2.80. The number of ether oxygens (including phenoxy) is 1. The summed E-state index contributed by atoms with van der Waals surface area (Å²) in [6.07, 6.45) is 0. The van der Waals surface area contributed by atoms with Gasteiger partial charge < -0.3 is 14.5 Å². The number of piperazine rings is 1. The van der Waals surface area contributed by atoms with Gasteiger partial charge in [0.25, 0.3) is 0 Å². The first kappa shape index (κ1) is 18.3. The molecular formula is C19H21FN4O4. The van der Waals surface area contributed by atoms with E-state index in [1.54, 1.807) is 31.2 Å². The van der Waals surface area contributed by atoms with Gasteiger partial charge in [-0.05, 0) is 43.3 Å². The Morgan fingerprint density at radius 3 is 2.46 bits per heavy atom. The molecule has 2 aromatic carbocycles. The second-order valence-electron chi connectivity index (χ2n) is 6.50. The Morgan fingerprint density at radius 1 is 1.11 bits per heavy atom. The number of carbonyl (C=O) groups is 1. The topological polar surface area (TPSA) is 77.5 Å². The van der Waals surface area contributed by atoms with Gasteiger partial charge in [0.2, 0.25) is 0 Å². The van der Waals surface area contributed by atoms with E-state index in [9.17, 15) is 14.4 Å². The van der Waals surface area contributed by atoms with Crippen molar-refractivity contribution in [2.45, 2.75) is 6.92 Å². The molecule has 2 aliphatic heterocycles. The number of hydrogen-bond acceptors (Lipinski definition) is 8. The van der Waals surface area contributed by atoms with Crippen LogP contribution in [0.15, 0.2) is 36.4 Å². The van der Waals surface area contributed by atoms with Crippen molar-refractivity contribution < 1.29 is 24.1 Å². The Morgan fingerprint density at radius 2 is 1.79 bits per heavy atom. The van der Waals surface area contributed by atoms with E-state index in [1.165, 1.54) is 12.1 Å². The highest BCUT2D eigenvalue weighted by molar-refractivity contribution is 6.02. The summed E-state index contributed by atoms with van der Waals surface area (Å²) in [4.78, 5) is 21.6. The van der Waals surface area contributed by atoms with Gasteiger partial charge in [-0.1, -0.05) is 5.23 Å². The largest absolute Gasteiger partial charge is 0.462 e. The number of rotatable bonds is 4. The number of nitrogens with one attached hydrogen (secondary N) is 1. The molecule has 0 aromatic heterocycles. The van der Waals surface area contributed by atoms with Crippen LogP contribution in [0.1, 0.15) is 17.3 Å². The minimum atomic E-state index is -0.457. The molecule has 0 atom stereocenters. The molecule has 1 fully saturated rings. The zero-order valence-corrected chi connectivity index (χ0v) is 15.4. The summed E-state index contributed by atoms with van der Waals surface area (Å²) in [6, 6.07) is 9.71. The highest BCUT2D eigenvalue weighted by Crippen LogP contribution is 2.43. The van der Waals surface area contributed by atoms with E-state index in [0.717, 1.165) is 5.69 Å². The van der Waals surface area contributed by atoms with Crippen molar-refractivity contribution in [2.75, 3.05) is 53.3 Å². The highest BCUT2D eigenvalue weighted by atomic mass is 19.1. The number of halogens is 1. The van der Waals surface area contributed by atoms with E-state index in [4.69, 9.17) is 9.68 Å². The molecule has 148 valence electrons. The number of hydrogen-bond donors (Lipinski definition) is 2. The van der Waals surface area contributed by atoms with Crippen molar-refractivity contribution >= 4 is 28.7 Å². The fourth-order valence-electron chi connectivity index (χ4n) is 3.53. The first-order valence-corrected chi connectivity index (χ1v) is 9.10. The fraction of sp³-hybridized carbons (Fsp3) is 0.316. The Kier molecular flexibility index (Phi) is 4.93. The molecule has 0 aliphatic carbocycles. The van der Waals surface area contributed by atoms with E-state index in [0.29, 0.717) is 54.0 Å². The lowest BCUT2D eigenvalue weighted by molar-refractivity contribution is 0.000773. The number of benzene rings is 2. The normalized spacial score (nSPS) is 16.0. The number of carbonyl (C=O) groups excluding carboxylic acids is 1. The van der Waals surface area contributed by atoms with E-state index in [1.807, 2.05) is 4.90 Å². The van der Waals surface area contributed by atoms with Crippen molar-refractivity contribution in [3.63, 3.8) is 0 Å². The zero-order chi connectivity index (χ0) is 19.7. The van der Waals surface area contributed by atoms with Gasteiger partial charge in [-0.2, -0.15) is 0 Å². The summed E-state index contributed by atoms with van der Waals surface area (Å²) in [5.41, 5.74) is 5.42. The number of anilines is 4. The standard InChI is InChI=1S/C19H21FN4O4/c1-2-27-19(25)15-7-8-16-18(24(26)28-21-16)17(15)23-11-9-22(10-12-23)14-5-3-13(20)4-6-14/h3-8,21,26H,2,9-12H2,1H3. The summed E-state index contributed by atoms with van der Waals surface area (Å²) >= 11 is 0. The van der Waals surface area contributed by atoms with Crippen molar-refractivity contribution in [2.24, 2.45) is 0 Å². The lowest BCUT2D eigenvalue weighted by Crippen LogP contribution is -2.47. The molecule has 0 radical (unpaired) electrons. The van der Waals surface area contributed by atoms with Gasteiger partial charge >= 0.3 is 5.97 Å². The smallest absolute Gasteiger partial charge is 0.340 e. The lowest BCUT2D eigenvalue weighted by atomic mass is 10.1. The van der Waals surface area contributed by atoms with Gasteiger partial charge in [0, 0.05) is 31.9 Å². The third-order valence-corrected chi connectivity index (χ3v) is 4.87. The molecule has 0 bridgehead atoms. The van der Waals surface area contributed by atoms with Crippen molar-refractivity contribution in [1.29, 1.82) is 0 Å². The molecule has 0 amide bonds. The summed E-state index contributed by atoms with van der Waals surface area (Å²) in [6.45, 7) is 4.57. The van der Waals surface area contributed by atoms with Crippen LogP contribution in [0.3, 0.4) is 0 Å². The summed E-state index contributed by atoms with van der Waals surface area (Å²) in [5, 5.41) is 10.7. The maximum absolute atomic E-state index is 13.2. The number of nitrogens with zero attached hydrogens (tertiary/aromatic N) is 3. The van der Waals surface area contributed by atoms with E-state index in [-0.39, 0.29) is 12.4 Å². The van der Waals surface area contributed by atoms with Crippen LogP contribution in [0.25, 0.3) is 0 Å². The van der Waals surface area contributed by atoms with Gasteiger partial charge in [-0.3, -0.25) is 5.21 Å². The fourth-order valence-corrected chi connectivity index (χ4v) is 3.53. The zero-order valence-electron chi connectivity index (χ0n) is 15.4. The van der Waals surface area contributed by atoms with Crippen LogP contribution in [-0.2, 0) is 9.68 Å². The number of esters is 1. The average Bonchev–Trinajstić information content (AvgIpc) is 3.09. The first-order chi connectivity index (χ1) is 13.6. The summed E-state index contributed by atoms with van der Waals surface area (Å²) < 4.78 is 18.4. The second kappa shape index (κ2) is 7.53. The molecule has 0 unspecified atom stereocenters. The van der Waals surface area contributed by atoms with Gasteiger partial charge in [-0.25, -0.2) is 14.7 Å². The SMILES string of the molecule is CCOC(=O)c1ccc2c(c1N1CCN(c3ccc(F)cc3)CC1)N(O)ON2. The highest BCUT2D eigenvalue weighted by Gasteiger charge is 2.32. The van der Waals surface area contributed by atoms with E-state index < -0.39 is 5.97 Å². The Hall–Kier alpha value is -3.04. The van der Waals surface area contributed by atoms with Gasteiger partial charge in [0.15, 0.2) is 0 Å². The quantitative estimate of drug-likeness (QED) is 0.775. The van der Waals surface area contributed by atoms with Crippen LogP contribution in [0.2, 0.25) is 0 Å². The molecule has 2 N–H and O–H groups in total. The van der Waals surface area contributed by atoms with E-state index in [2.05, 4.69) is 10.4 Å². The molecule has 28 heavy (non-hydrogen) atoms. The number of fused-ring (bicyclic) bond motifs is 1. The lowest BCUT2D eigenvalue weighted by Gasteiger charge is -2.38. The molecule has 2 aromatic rings. The Balaban J connectivity index is 1.61. The molecule has 2 aliphatic rings. The molecular weight excluding hydrogens is 367 g/mol. The third-order valence-electron chi connectivity index (χ3n) is 4.87. The van der Waals surface area contributed by atoms with Crippen molar-refractivity contribution in [1.82, 2.24) is 0 Å². The van der Waals surface area contributed by atoms with Crippen LogP contribution >= 0.6 is 0 Å². The average molecular weight is 388 g/mol. The minimum absolute atomic E-state index is 0.255. The maximum atomic E-state index is 13.2. The second-order valence-corrected chi connectivity index (χ2v) is 6.50. The molecule has 2 heterocycles. The Labute approximate surface area is 161 Å². The molecule has 8 nitrogen and oxygen atoms in total. The molecule has 4 rings (SSSR count). The first-order valence-electron chi connectivity index (χ1n) is 9.10. The van der Waals surface area contributed by atoms with Crippen LogP contribution in [0, 0.1) is 5.82 Å². The van der Waals surface area contributed by atoms with Gasteiger partial charge in [0.1, 0.15) is 11.5 Å². The molecule has 1 saturated heterocycles. The van der Waals surface area contributed by atoms with Crippen molar-refractivity contribution in [3.05, 3.63) is 47.8 Å². The van der Waals surface area contributed by atoms with E-state index >= 15 is 0 Å². The molecule has 9 heteroatoms.